The van der Waals surface area contributed by atoms with Gasteiger partial charge in [0.15, 0.2) is 0 Å². The number of anilines is 2. The Balaban J connectivity index is 2.51. The number of nitrogens with one attached hydrogen (secondary N) is 2. The van der Waals surface area contributed by atoms with Gasteiger partial charge in [-0.25, -0.2) is 9.97 Å². The van der Waals surface area contributed by atoms with Gasteiger partial charge in [-0.05, 0) is 6.42 Å². The summed E-state index contributed by atoms with van der Waals surface area (Å²) in [4.78, 5) is 19.6. The van der Waals surface area contributed by atoms with Crippen molar-refractivity contribution in [3.63, 3.8) is 0 Å². The maximum absolute atomic E-state index is 11.4. The van der Waals surface area contributed by atoms with Crippen LogP contribution in [0.5, 0.6) is 0 Å². The summed E-state index contributed by atoms with van der Waals surface area (Å²) < 4.78 is 0. The van der Waals surface area contributed by atoms with Crippen LogP contribution >= 0.6 is 0 Å². The molecule has 1 rings (SSSR count). The normalized spacial score (nSPS) is 10.0. The molecule has 0 spiro atoms. The van der Waals surface area contributed by atoms with Crippen molar-refractivity contribution < 1.29 is 4.79 Å². The highest BCUT2D eigenvalue weighted by atomic mass is 16.1. The molecular formula is C11H19N5O. The van der Waals surface area contributed by atoms with Gasteiger partial charge in [0.25, 0.3) is 0 Å². The van der Waals surface area contributed by atoms with Gasteiger partial charge in [0.1, 0.15) is 17.5 Å². The average Bonchev–Trinajstić information content (AvgIpc) is 2.33. The van der Waals surface area contributed by atoms with E-state index in [0.29, 0.717) is 30.4 Å². The molecule has 0 saturated carbocycles. The fourth-order valence-corrected chi connectivity index (χ4v) is 1.26. The summed E-state index contributed by atoms with van der Waals surface area (Å²) in [5, 5.41) is 5.70. The van der Waals surface area contributed by atoms with Crippen LogP contribution in [-0.4, -0.2) is 29.0 Å². The van der Waals surface area contributed by atoms with Gasteiger partial charge in [0.2, 0.25) is 5.91 Å². The van der Waals surface area contributed by atoms with Crippen molar-refractivity contribution in [3.05, 3.63) is 11.9 Å². The molecule has 0 atom stereocenters. The Morgan fingerprint density at radius 3 is 2.82 bits per heavy atom. The smallest absolute Gasteiger partial charge is 0.239 e. The van der Waals surface area contributed by atoms with Gasteiger partial charge in [-0.2, -0.15) is 0 Å². The maximum atomic E-state index is 11.4. The van der Waals surface area contributed by atoms with E-state index in [4.69, 9.17) is 5.73 Å². The number of aryl methyl sites for hydroxylation is 1. The van der Waals surface area contributed by atoms with E-state index in [0.717, 1.165) is 6.42 Å². The second-order valence-corrected chi connectivity index (χ2v) is 3.65. The second-order valence-electron chi connectivity index (χ2n) is 3.65. The van der Waals surface area contributed by atoms with Crippen LogP contribution in [0.25, 0.3) is 0 Å². The number of nitrogens with zero attached hydrogens (tertiary/aromatic N) is 2. The molecule has 0 aromatic carbocycles. The van der Waals surface area contributed by atoms with Gasteiger partial charge in [0.05, 0.1) is 6.54 Å². The number of hydrogen-bond acceptors (Lipinski definition) is 5. The van der Waals surface area contributed by atoms with Crippen molar-refractivity contribution in [1.29, 1.82) is 0 Å². The van der Waals surface area contributed by atoms with Crippen LogP contribution in [0.2, 0.25) is 0 Å². The molecule has 0 saturated heterocycles. The fraction of sp³-hybridized carbons (Fsp3) is 0.545. The Bertz CT molecular complexity index is 380. The van der Waals surface area contributed by atoms with E-state index < -0.39 is 0 Å². The molecule has 6 nitrogen and oxygen atoms in total. The molecule has 17 heavy (non-hydrogen) atoms. The summed E-state index contributed by atoms with van der Waals surface area (Å²) >= 11 is 0. The molecule has 0 fully saturated rings. The van der Waals surface area contributed by atoms with E-state index in [1.807, 2.05) is 13.8 Å². The zero-order chi connectivity index (χ0) is 12.7. The molecule has 1 aromatic heterocycles. The second kappa shape index (κ2) is 6.67. The number of carbonyl (C=O) groups excluding carboxylic acids is 1. The van der Waals surface area contributed by atoms with Crippen molar-refractivity contribution in [2.75, 3.05) is 24.1 Å². The number of rotatable bonds is 6. The van der Waals surface area contributed by atoms with Crippen LogP contribution < -0.4 is 16.4 Å². The van der Waals surface area contributed by atoms with Crippen molar-refractivity contribution in [2.45, 2.75) is 26.7 Å². The Labute approximate surface area is 101 Å². The molecule has 0 bridgehead atoms. The third-order valence-corrected chi connectivity index (χ3v) is 2.11. The third-order valence-electron chi connectivity index (χ3n) is 2.11. The quantitative estimate of drug-likeness (QED) is 0.672. The van der Waals surface area contributed by atoms with Gasteiger partial charge < -0.3 is 16.4 Å². The Hall–Kier alpha value is -1.85. The van der Waals surface area contributed by atoms with Crippen LogP contribution in [0.4, 0.5) is 11.6 Å². The van der Waals surface area contributed by atoms with E-state index in [1.165, 1.54) is 0 Å². The lowest BCUT2D eigenvalue weighted by Crippen LogP contribution is -2.30. The summed E-state index contributed by atoms with van der Waals surface area (Å²) in [7, 11) is 0. The summed E-state index contributed by atoms with van der Waals surface area (Å²) in [6, 6.07) is 1.62. The molecule has 1 heterocycles. The molecule has 0 aliphatic carbocycles. The number of nitrogen functional groups attached to an aromatic ring is 1. The lowest BCUT2D eigenvalue weighted by molar-refractivity contribution is -0.119. The zero-order valence-corrected chi connectivity index (χ0v) is 10.3. The minimum atomic E-state index is -0.0536. The van der Waals surface area contributed by atoms with Crippen molar-refractivity contribution in [2.24, 2.45) is 0 Å². The van der Waals surface area contributed by atoms with E-state index in [1.54, 1.807) is 6.07 Å². The highest BCUT2D eigenvalue weighted by Gasteiger charge is 2.03. The highest BCUT2D eigenvalue weighted by molar-refractivity contribution is 5.80. The van der Waals surface area contributed by atoms with Crippen LogP contribution in [-0.2, 0) is 11.2 Å². The number of carbonyl (C=O) groups is 1. The molecule has 1 amide bonds. The van der Waals surface area contributed by atoms with Crippen LogP contribution in [0.3, 0.4) is 0 Å². The molecular weight excluding hydrogens is 218 g/mol. The van der Waals surface area contributed by atoms with Crippen LogP contribution in [0, 0.1) is 0 Å². The maximum Gasteiger partial charge on any atom is 0.239 e. The van der Waals surface area contributed by atoms with Gasteiger partial charge >= 0.3 is 0 Å². The first kappa shape index (κ1) is 13.2. The first-order chi connectivity index (χ1) is 8.15. The predicted octanol–water partition coefficient (Wildman–Crippen LogP) is 0.559. The van der Waals surface area contributed by atoms with Gasteiger partial charge in [-0.3, -0.25) is 4.79 Å². The van der Waals surface area contributed by atoms with E-state index in [2.05, 4.69) is 20.6 Å². The summed E-state index contributed by atoms with van der Waals surface area (Å²) in [5.41, 5.74) is 5.63. The first-order valence-corrected chi connectivity index (χ1v) is 5.79. The predicted molar refractivity (Wildman–Crippen MR) is 67.6 cm³/mol. The molecule has 0 unspecified atom stereocenters. The summed E-state index contributed by atoms with van der Waals surface area (Å²) in [6.07, 6.45) is 1.63. The number of aromatic nitrogens is 2. The van der Waals surface area contributed by atoms with Gasteiger partial charge in [0, 0.05) is 19.0 Å². The molecule has 1 aromatic rings. The molecule has 0 aliphatic heterocycles. The average molecular weight is 237 g/mol. The van der Waals surface area contributed by atoms with Crippen molar-refractivity contribution >= 4 is 17.5 Å². The van der Waals surface area contributed by atoms with Crippen LogP contribution in [0.15, 0.2) is 6.07 Å². The summed E-state index contributed by atoms with van der Waals surface area (Å²) in [6.45, 7) is 4.84. The molecule has 0 radical (unpaired) electrons. The molecule has 6 heteroatoms. The van der Waals surface area contributed by atoms with E-state index >= 15 is 0 Å². The standard InChI is InChI=1S/C11H19N5O/c1-3-5-13-11(17)7-14-10-6-8(12)15-9(4-2)16-10/h6H,3-5,7H2,1-2H3,(H,13,17)(H3,12,14,15,16). The third kappa shape index (κ3) is 4.67. The monoisotopic (exact) mass is 237 g/mol. The topological polar surface area (TPSA) is 92.9 Å². The van der Waals surface area contributed by atoms with E-state index in [-0.39, 0.29) is 12.5 Å². The zero-order valence-electron chi connectivity index (χ0n) is 10.3. The summed E-state index contributed by atoms with van der Waals surface area (Å²) in [5.74, 6) is 1.61. The van der Waals surface area contributed by atoms with Crippen molar-refractivity contribution in [1.82, 2.24) is 15.3 Å². The highest BCUT2D eigenvalue weighted by Crippen LogP contribution is 2.08. The lowest BCUT2D eigenvalue weighted by Gasteiger charge is -2.07. The number of hydrogen-bond donors (Lipinski definition) is 3. The Morgan fingerprint density at radius 1 is 1.41 bits per heavy atom. The minimum Gasteiger partial charge on any atom is -0.384 e. The number of amides is 1. The van der Waals surface area contributed by atoms with Gasteiger partial charge in [-0.15, -0.1) is 0 Å². The van der Waals surface area contributed by atoms with Gasteiger partial charge in [-0.1, -0.05) is 13.8 Å². The molecule has 4 N–H and O–H groups in total. The lowest BCUT2D eigenvalue weighted by atomic mass is 10.4. The number of nitrogens with two attached hydrogens (primary N) is 1. The van der Waals surface area contributed by atoms with E-state index in [9.17, 15) is 4.79 Å². The Kier molecular flexibility index (Phi) is 5.19. The van der Waals surface area contributed by atoms with Crippen LogP contribution in [0.1, 0.15) is 26.1 Å². The molecule has 94 valence electrons. The SMILES string of the molecule is CCCNC(=O)CNc1cc(N)nc(CC)n1. The minimum absolute atomic E-state index is 0.0536. The fourth-order valence-electron chi connectivity index (χ4n) is 1.26. The molecule has 0 aliphatic rings. The van der Waals surface area contributed by atoms with Crippen molar-refractivity contribution in [3.8, 4) is 0 Å². The largest absolute Gasteiger partial charge is 0.384 e. The first-order valence-electron chi connectivity index (χ1n) is 5.79. The Morgan fingerprint density at radius 2 is 2.18 bits per heavy atom.